The van der Waals surface area contributed by atoms with Gasteiger partial charge in [0.2, 0.25) is 0 Å². The lowest BCUT2D eigenvalue weighted by Crippen LogP contribution is -2.35. The Kier molecular flexibility index (Phi) is 5.15. The molecule has 11 heteroatoms. The number of fused-ring (bicyclic) bond motifs is 1. The van der Waals surface area contributed by atoms with Crippen molar-refractivity contribution in [2.75, 3.05) is 10.6 Å². The highest BCUT2D eigenvalue weighted by Crippen LogP contribution is 2.47. The summed E-state index contributed by atoms with van der Waals surface area (Å²) in [6.45, 7) is 1.76. The summed E-state index contributed by atoms with van der Waals surface area (Å²) in [6.07, 6.45) is -4.86. The van der Waals surface area contributed by atoms with Gasteiger partial charge in [-0.25, -0.2) is 4.68 Å². The van der Waals surface area contributed by atoms with Gasteiger partial charge in [0, 0.05) is 11.3 Å². The maximum Gasteiger partial charge on any atom is 0.410 e. The highest BCUT2D eigenvalue weighted by molar-refractivity contribution is 7.10. The highest BCUT2D eigenvalue weighted by atomic mass is 35.5. The molecule has 0 radical (unpaired) electrons. The molecule has 0 saturated carbocycles. The zero-order valence-corrected chi connectivity index (χ0v) is 17.1. The number of anilines is 2. The Morgan fingerprint density at radius 3 is 2.83 bits per heavy atom. The van der Waals surface area contributed by atoms with Crippen molar-refractivity contribution in [2.24, 2.45) is 0 Å². The molecule has 0 saturated heterocycles. The summed E-state index contributed by atoms with van der Waals surface area (Å²) in [7, 11) is 0. The number of hydrogen-bond donors (Lipinski definition) is 3. The average Bonchev–Trinajstić information content (AvgIpc) is 3.32. The summed E-state index contributed by atoms with van der Waals surface area (Å²) >= 11 is 7.61. The Morgan fingerprint density at radius 2 is 2.17 bits per heavy atom. The van der Waals surface area contributed by atoms with Crippen LogP contribution in [0, 0.1) is 6.92 Å². The van der Waals surface area contributed by atoms with Crippen molar-refractivity contribution in [3.05, 3.63) is 56.9 Å². The fourth-order valence-electron chi connectivity index (χ4n) is 3.34. The normalized spacial score (nSPS) is 18.6. The van der Waals surface area contributed by atoms with Crippen LogP contribution < -0.4 is 10.6 Å². The van der Waals surface area contributed by atoms with Gasteiger partial charge in [0.15, 0.2) is 11.7 Å². The first-order valence-corrected chi connectivity index (χ1v) is 10.2. The fourth-order valence-corrected chi connectivity index (χ4v) is 4.40. The van der Waals surface area contributed by atoms with Crippen LogP contribution in [-0.4, -0.2) is 27.0 Å². The maximum atomic E-state index is 13.8. The molecule has 3 N–H and O–H groups in total. The second-order valence-electron chi connectivity index (χ2n) is 6.94. The minimum Gasteiger partial charge on any atom is -0.506 e. The predicted molar refractivity (Wildman–Crippen MR) is 108 cm³/mol. The number of carbonyl (C=O) groups is 1. The first-order valence-electron chi connectivity index (χ1n) is 8.90. The van der Waals surface area contributed by atoms with E-state index in [-0.39, 0.29) is 34.4 Å². The van der Waals surface area contributed by atoms with E-state index in [0.717, 1.165) is 15.1 Å². The lowest BCUT2D eigenvalue weighted by molar-refractivity contribution is -0.173. The van der Waals surface area contributed by atoms with Gasteiger partial charge in [-0.15, -0.1) is 11.3 Å². The molecule has 1 aliphatic heterocycles. The minimum absolute atomic E-state index is 0.0674. The quantitative estimate of drug-likeness (QED) is 0.453. The van der Waals surface area contributed by atoms with Crippen LogP contribution in [0.25, 0.3) is 0 Å². The Bertz CT molecular complexity index is 1100. The van der Waals surface area contributed by atoms with Crippen LogP contribution in [0.2, 0.25) is 5.02 Å². The van der Waals surface area contributed by atoms with Crippen LogP contribution in [0.4, 0.5) is 24.7 Å². The number of rotatable bonds is 3. The molecule has 0 fully saturated rings. The number of phenolic OH excluding ortho intramolecular Hbond substituents is 1. The third-order valence-electron chi connectivity index (χ3n) is 4.80. The van der Waals surface area contributed by atoms with Crippen LogP contribution in [0.1, 0.15) is 39.4 Å². The number of nitrogens with zero attached hydrogens (tertiary/aromatic N) is 2. The average molecular weight is 457 g/mol. The SMILES string of the molecule is Cc1ccc(O)c(NC(=O)c2nn3c(c2Cl)N[C@@H](c2cccs2)C[C@H]3C(F)(F)F)c1. The summed E-state index contributed by atoms with van der Waals surface area (Å²) in [6, 6.07) is 5.52. The van der Waals surface area contributed by atoms with E-state index in [4.69, 9.17) is 11.6 Å². The number of benzene rings is 1. The number of phenols is 1. The Morgan fingerprint density at radius 1 is 1.40 bits per heavy atom. The molecule has 158 valence electrons. The molecule has 0 aliphatic carbocycles. The number of carbonyl (C=O) groups excluding carboxylic acids is 1. The zero-order valence-electron chi connectivity index (χ0n) is 15.5. The number of aromatic nitrogens is 2. The Hall–Kier alpha value is -2.72. The molecule has 0 spiro atoms. The summed E-state index contributed by atoms with van der Waals surface area (Å²) in [4.78, 5) is 13.4. The second kappa shape index (κ2) is 7.51. The van der Waals surface area contributed by atoms with Crippen molar-refractivity contribution >= 4 is 40.4 Å². The molecule has 3 aromatic rings. The van der Waals surface area contributed by atoms with E-state index in [1.165, 1.54) is 23.5 Å². The number of hydrogen-bond acceptors (Lipinski definition) is 5. The van der Waals surface area contributed by atoms with Crippen molar-refractivity contribution in [3.8, 4) is 5.75 Å². The van der Waals surface area contributed by atoms with Crippen LogP contribution >= 0.6 is 22.9 Å². The molecule has 6 nitrogen and oxygen atoms in total. The van der Waals surface area contributed by atoms with E-state index in [0.29, 0.717) is 0 Å². The largest absolute Gasteiger partial charge is 0.506 e. The predicted octanol–water partition coefficient (Wildman–Crippen LogP) is 5.52. The molecule has 0 bridgehead atoms. The van der Waals surface area contributed by atoms with Gasteiger partial charge in [0.25, 0.3) is 5.91 Å². The van der Waals surface area contributed by atoms with Crippen LogP contribution in [0.3, 0.4) is 0 Å². The van der Waals surface area contributed by atoms with Gasteiger partial charge in [-0.1, -0.05) is 23.7 Å². The van der Waals surface area contributed by atoms with Crippen molar-refractivity contribution in [3.63, 3.8) is 0 Å². The van der Waals surface area contributed by atoms with Gasteiger partial charge < -0.3 is 15.7 Å². The number of aryl methyl sites for hydroxylation is 1. The van der Waals surface area contributed by atoms with E-state index >= 15 is 0 Å². The summed E-state index contributed by atoms with van der Waals surface area (Å²) in [5, 5.41) is 20.8. The number of alkyl halides is 3. The van der Waals surface area contributed by atoms with Crippen molar-refractivity contribution in [1.82, 2.24) is 9.78 Å². The molecule has 2 aromatic heterocycles. The number of halogens is 4. The Labute approximate surface area is 178 Å². The van der Waals surface area contributed by atoms with Gasteiger partial charge in [-0.05, 0) is 36.1 Å². The van der Waals surface area contributed by atoms with Gasteiger partial charge >= 0.3 is 6.18 Å². The van der Waals surface area contributed by atoms with E-state index in [9.17, 15) is 23.1 Å². The number of nitrogens with one attached hydrogen (secondary N) is 2. The van der Waals surface area contributed by atoms with Crippen molar-refractivity contribution in [2.45, 2.75) is 31.6 Å². The van der Waals surface area contributed by atoms with Crippen LogP contribution in [0.15, 0.2) is 35.7 Å². The molecule has 1 aromatic carbocycles. The van der Waals surface area contributed by atoms with E-state index in [1.54, 1.807) is 30.5 Å². The van der Waals surface area contributed by atoms with Gasteiger partial charge in [0.05, 0.1) is 11.7 Å². The van der Waals surface area contributed by atoms with Gasteiger partial charge in [-0.2, -0.15) is 18.3 Å². The smallest absolute Gasteiger partial charge is 0.410 e. The fraction of sp³-hybridized carbons (Fsp3) is 0.263. The van der Waals surface area contributed by atoms with Gasteiger partial charge in [-0.3, -0.25) is 4.79 Å². The van der Waals surface area contributed by atoms with E-state index in [2.05, 4.69) is 15.7 Å². The molecule has 1 amide bonds. The number of thiophene rings is 1. The molecule has 4 rings (SSSR count). The molecule has 1 aliphatic rings. The monoisotopic (exact) mass is 456 g/mol. The number of amides is 1. The van der Waals surface area contributed by atoms with Gasteiger partial charge in [0.1, 0.15) is 16.6 Å². The minimum atomic E-state index is -4.58. The summed E-state index contributed by atoms with van der Waals surface area (Å²) < 4.78 is 42.0. The molecule has 3 heterocycles. The standard InChI is InChI=1S/C19H16ClF3N4O2S/c1-9-4-5-12(28)10(7-9)25-18(29)16-15(20)17-24-11(13-3-2-6-30-13)8-14(19(21,22)23)27(17)26-16/h2-7,11,14,24,28H,8H2,1H3,(H,25,29)/t11-,14+/m1/s1. The zero-order chi connectivity index (χ0) is 21.6. The summed E-state index contributed by atoms with van der Waals surface area (Å²) in [5.41, 5.74) is 0.524. The maximum absolute atomic E-state index is 13.8. The second-order valence-corrected chi connectivity index (χ2v) is 8.29. The third-order valence-corrected chi connectivity index (χ3v) is 6.14. The topological polar surface area (TPSA) is 79.2 Å². The highest BCUT2D eigenvalue weighted by Gasteiger charge is 2.48. The molecule has 2 atom stereocenters. The molecule has 30 heavy (non-hydrogen) atoms. The molecular formula is C19H16ClF3N4O2S. The third kappa shape index (κ3) is 3.72. The summed E-state index contributed by atoms with van der Waals surface area (Å²) in [5.74, 6) is -1.07. The van der Waals surface area contributed by atoms with Crippen molar-refractivity contribution < 1.29 is 23.1 Å². The van der Waals surface area contributed by atoms with E-state index in [1.807, 2.05) is 0 Å². The van der Waals surface area contributed by atoms with Crippen LogP contribution in [-0.2, 0) is 0 Å². The lowest BCUT2D eigenvalue weighted by Gasteiger charge is -2.32. The number of aromatic hydroxyl groups is 1. The van der Waals surface area contributed by atoms with Crippen molar-refractivity contribution in [1.29, 1.82) is 0 Å². The van der Waals surface area contributed by atoms with E-state index < -0.39 is 24.2 Å². The molecule has 0 unspecified atom stereocenters. The lowest BCUT2D eigenvalue weighted by atomic mass is 10.0. The molecular weight excluding hydrogens is 441 g/mol. The van der Waals surface area contributed by atoms with Crippen LogP contribution in [0.5, 0.6) is 5.75 Å². The first-order chi connectivity index (χ1) is 14.1. The first kappa shape index (κ1) is 20.5. The Balaban J connectivity index is 1.71.